The molecule has 0 unspecified atom stereocenters. The highest BCUT2D eigenvalue weighted by atomic mass is 79.9. The van der Waals surface area contributed by atoms with E-state index in [-0.39, 0.29) is 0 Å². The maximum Gasteiger partial charge on any atom is 0.0205 e. The molecule has 14 heavy (non-hydrogen) atoms. The van der Waals surface area contributed by atoms with Gasteiger partial charge in [0.15, 0.2) is 0 Å². The lowest BCUT2D eigenvalue weighted by atomic mass is 10.0. The van der Waals surface area contributed by atoms with Gasteiger partial charge >= 0.3 is 0 Å². The highest BCUT2D eigenvalue weighted by Gasteiger charge is 1.98. The van der Waals surface area contributed by atoms with Crippen molar-refractivity contribution in [2.75, 3.05) is 11.9 Å². The third-order valence-corrected chi connectivity index (χ3v) is 2.64. The van der Waals surface area contributed by atoms with Gasteiger partial charge in [-0.05, 0) is 17.0 Å². The van der Waals surface area contributed by atoms with Crippen molar-refractivity contribution < 1.29 is 0 Å². The molecule has 0 bridgehead atoms. The van der Waals surface area contributed by atoms with Gasteiger partial charge in [0.1, 0.15) is 0 Å². The van der Waals surface area contributed by atoms with Crippen molar-refractivity contribution in [3.05, 3.63) is 35.4 Å². The smallest absolute Gasteiger partial charge is 0.0205 e. The normalized spacial score (nSPS) is 10.9. The van der Waals surface area contributed by atoms with E-state index < -0.39 is 0 Å². The van der Waals surface area contributed by atoms with Crippen LogP contribution in [0.4, 0.5) is 0 Å². The van der Waals surface area contributed by atoms with Crippen molar-refractivity contribution in [2.45, 2.75) is 26.3 Å². The van der Waals surface area contributed by atoms with Crippen molar-refractivity contribution in [2.24, 2.45) is 0 Å². The third kappa shape index (κ3) is 3.81. The molecule has 1 N–H and O–H groups in total. The summed E-state index contributed by atoms with van der Waals surface area (Å²) in [4.78, 5) is 0. The zero-order valence-corrected chi connectivity index (χ0v) is 10.5. The number of hydrogen-bond donors (Lipinski definition) is 1. The van der Waals surface area contributed by atoms with E-state index in [1.165, 1.54) is 11.1 Å². The summed E-state index contributed by atoms with van der Waals surface area (Å²) in [5, 5.41) is 4.36. The summed E-state index contributed by atoms with van der Waals surface area (Å²) in [6, 6.07) is 8.85. The van der Waals surface area contributed by atoms with Crippen molar-refractivity contribution in [3.8, 4) is 0 Å². The summed E-state index contributed by atoms with van der Waals surface area (Å²) in [6.45, 7) is 6.42. The van der Waals surface area contributed by atoms with Gasteiger partial charge in [-0.3, -0.25) is 0 Å². The Hall–Kier alpha value is -0.340. The van der Waals surface area contributed by atoms with Gasteiger partial charge in [-0.1, -0.05) is 54.0 Å². The van der Waals surface area contributed by atoms with Crippen LogP contribution in [0.1, 0.15) is 30.9 Å². The summed E-state index contributed by atoms with van der Waals surface area (Å²) >= 11 is 3.39. The van der Waals surface area contributed by atoms with E-state index in [9.17, 15) is 0 Å². The number of nitrogens with one attached hydrogen (secondary N) is 1. The lowest BCUT2D eigenvalue weighted by Crippen LogP contribution is -2.15. The molecule has 0 aliphatic rings. The number of hydrogen-bond acceptors (Lipinski definition) is 1. The van der Waals surface area contributed by atoms with Crippen LogP contribution in [0.5, 0.6) is 0 Å². The first-order chi connectivity index (χ1) is 6.74. The van der Waals surface area contributed by atoms with Crippen LogP contribution in [0.15, 0.2) is 24.3 Å². The number of halogens is 1. The van der Waals surface area contributed by atoms with Crippen LogP contribution in [-0.2, 0) is 6.54 Å². The molecule has 1 nitrogen and oxygen atoms in total. The lowest BCUT2D eigenvalue weighted by Gasteiger charge is -2.07. The zero-order chi connectivity index (χ0) is 10.4. The summed E-state index contributed by atoms with van der Waals surface area (Å²) in [7, 11) is 0. The van der Waals surface area contributed by atoms with Crippen LogP contribution in [-0.4, -0.2) is 11.9 Å². The SMILES string of the molecule is CC(C)c1ccc(CNCCBr)cc1. The molecule has 0 atom stereocenters. The maximum atomic E-state index is 3.39. The molecule has 2 heteroatoms. The second-order valence-corrected chi connectivity index (χ2v) is 4.56. The molecular formula is C12H18BrN. The van der Waals surface area contributed by atoms with Gasteiger partial charge in [0.05, 0.1) is 0 Å². The Morgan fingerprint density at radius 2 is 1.86 bits per heavy atom. The fraction of sp³-hybridized carbons (Fsp3) is 0.500. The van der Waals surface area contributed by atoms with Gasteiger partial charge in [-0.15, -0.1) is 0 Å². The van der Waals surface area contributed by atoms with Crippen LogP contribution in [0.25, 0.3) is 0 Å². The minimum atomic E-state index is 0.625. The average molecular weight is 256 g/mol. The zero-order valence-electron chi connectivity index (χ0n) is 8.89. The fourth-order valence-corrected chi connectivity index (χ4v) is 1.60. The molecule has 0 aliphatic carbocycles. The highest BCUT2D eigenvalue weighted by Crippen LogP contribution is 2.14. The Morgan fingerprint density at radius 1 is 1.21 bits per heavy atom. The molecule has 0 aliphatic heterocycles. The Morgan fingerprint density at radius 3 is 2.36 bits per heavy atom. The van der Waals surface area contributed by atoms with E-state index in [1.54, 1.807) is 0 Å². The van der Waals surface area contributed by atoms with E-state index in [0.717, 1.165) is 18.4 Å². The van der Waals surface area contributed by atoms with Gasteiger partial charge in [0.25, 0.3) is 0 Å². The lowest BCUT2D eigenvalue weighted by molar-refractivity contribution is 0.733. The van der Waals surface area contributed by atoms with E-state index in [1.807, 2.05) is 0 Å². The summed E-state index contributed by atoms with van der Waals surface area (Å²) in [5.74, 6) is 0.625. The predicted octanol–water partition coefficient (Wildman–Crippen LogP) is 3.29. The minimum absolute atomic E-state index is 0.625. The molecular weight excluding hydrogens is 238 g/mol. The van der Waals surface area contributed by atoms with Gasteiger partial charge < -0.3 is 5.32 Å². The molecule has 1 aromatic carbocycles. The van der Waals surface area contributed by atoms with Crippen LogP contribution in [0.2, 0.25) is 0 Å². The van der Waals surface area contributed by atoms with Crippen molar-refractivity contribution in [1.82, 2.24) is 5.32 Å². The maximum absolute atomic E-state index is 3.39. The third-order valence-electron chi connectivity index (χ3n) is 2.25. The first kappa shape index (κ1) is 11.7. The van der Waals surface area contributed by atoms with Gasteiger partial charge in [0, 0.05) is 18.4 Å². The molecule has 0 radical (unpaired) electrons. The predicted molar refractivity (Wildman–Crippen MR) is 66.0 cm³/mol. The van der Waals surface area contributed by atoms with E-state index in [2.05, 4.69) is 59.4 Å². The summed E-state index contributed by atoms with van der Waals surface area (Å²) in [6.07, 6.45) is 0. The Kier molecular flexibility index (Phi) is 5.20. The molecule has 0 saturated carbocycles. The minimum Gasteiger partial charge on any atom is -0.312 e. The second-order valence-electron chi connectivity index (χ2n) is 3.76. The topological polar surface area (TPSA) is 12.0 Å². The molecule has 0 fully saturated rings. The molecule has 1 rings (SSSR count). The van der Waals surface area contributed by atoms with Crippen molar-refractivity contribution in [1.29, 1.82) is 0 Å². The summed E-state index contributed by atoms with van der Waals surface area (Å²) < 4.78 is 0. The highest BCUT2D eigenvalue weighted by molar-refractivity contribution is 9.09. The molecule has 0 saturated heterocycles. The molecule has 0 aromatic heterocycles. The molecule has 0 heterocycles. The van der Waals surface area contributed by atoms with Crippen LogP contribution in [0.3, 0.4) is 0 Å². The Labute approximate surface area is 95.0 Å². The number of benzene rings is 1. The molecule has 0 amide bonds. The van der Waals surface area contributed by atoms with E-state index >= 15 is 0 Å². The Balaban J connectivity index is 2.47. The van der Waals surface area contributed by atoms with Crippen molar-refractivity contribution >= 4 is 15.9 Å². The van der Waals surface area contributed by atoms with Gasteiger partial charge in [-0.25, -0.2) is 0 Å². The van der Waals surface area contributed by atoms with Gasteiger partial charge in [0.2, 0.25) is 0 Å². The largest absolute Gasteiger partial charge is 0.312 e. The van der Waals surface area contributed by atoms with E-state index in [0.29, 0.717) is 5.92 Å². The van der Waals surface area contributed by atoms with Crippen LogP contribution < -0.4 is 5.32 Å². The van der Waals surface area contributed by atoms with E-state index in [4.69, 9.17) is 0 Å². The Bertz CT molecular complexity index is 254. The first-order valence-electron chi connectivity index (χ1n) is 5.09. The quantitative estimate of drug-likeness (QED) is 0.629. The number of alkyl halides is 1. The molecule has 1 aromatic rings. The fourth-order valence-electron chi connectivity index (χ4n) is 1.32. The van der Waals surface area contributed by atoms with Crippen LogP contribution >= 0.6 is 15.9 Å². The molecule has 78 valence electrons. The van der Waals surface area contributed by atoms with Crippen molar-refractivity contribution in [3.63, 3.8) is 0 Å². The average Bonchev–Trinajstić information content (AvgIpc) is 2.19. The molecule has 0 spiro atoms. The van der Waals surface area contributed by atoms with Gasteiger partial charge in [-0.2, -0.15) is 0 Å². The second kappa shape index (κ2) is 6.20. The standard InChI is InChI=1S/C12H18BrN/c1-10(2)12-5-3-11(4-6-12)9-14-8-7-13/h3-6,10,14H,7-9H2,1-2H3. The number of rotatable bonds is 5. The monoisotopic (exact) mass is 255 g/mol. The summed E-state index contributed by atoms with van der Waals surface area (Å²) in [5.41, 5.74) is 2.77. The van der Waals surface area contributed by atoms with Crippen LogP contribution in [0, 0.1) is 0 Å². The first-order valence-corrected chi connectivity index (χ1v) is 6.21.